The monoisotopic (exact) mass is 384 g/mol. The fraction of sp³-hybridized carbons (Fsp3) is 0.263. The molecule has 1 heterocycles. The first kappa shape index (κ1) is 19.2. The smallest absolute Gasteiger partial charge is 0.270 e. The van der Waals surface area contributed by atoms with Crippen LogP contribution in [-0.4, -0.2) is 59.5 Å². The van der Waals surface area contributed by atoms with Gasteiger partial charge in [0.05, 0.1) is 17.2 Å². The molecule has 0 aromatic heterocycles. The maximum atomic E-state index is 12.4. The Kier molecular flexibility index (Phi) is 5.73. The second-order valence-electron chi connectivity index (χ2n) is 6.35. The standard InChI is InChI=1S/C19H20N4O5/c24-17-7-2-1-6-16(17)21-8-10-22(11-9-21)18(25)13-20-19(26)14-4-3-5-15(12-14)23(27)28/h1-7,12,24H,8-11,13H2,(H,20,26). The van der Waals surface area contributed by atoms with Crippen molar-refractivity contribution in [1.82, 2.24) is 10.2 Å². The van der Waals surface area contributed by atoms with Gasteiger partial charge in [-0.1, -0.05) is 18.2 Å². The number of piperazine rings is 1. The molecule has 1 saturated heterocycles. The van der Waals surface area contributed by atoms with E-state index in [1.165, 1.54) is 24.3 Å². The van der Waals surface area contributed by atoms with Crippen LogP contribution in [0.2, 0.25) is 0 Å². The van der Waals surface area contributed by atoms with E-state index in [0.29, 0.717) is 26.2 Å². The number of carbonyl (C=O) groups excluding carboxylic acids is 2. The molecule has 0 radical (unpaired) electrons. The molecule has 9 nitrogen and oxygen atoms in total. The Morgan fingerprint density at radius 3 is 2.46 bits per heavy atom. The van der Waals surface area contributed by atoms with Crippen LogP contribution in [0.25, 0.3) is 0 Å². The van der Waals surface area contributed by atoms with Crippen LogP contribution in [-0.2, 0) is 4.79 Å². The summed E-state index contributed by atoms with van der Waals surface area (Å²) >= 11 is 0. The summed E-state index contributed by atoms with van der Waals surface area (Å²) in [6.07, 6.45) is 0. The number of non-ortho nitro benzene ring substituents is 1. The van der Waals surface area contributed by atoms with Gasteiger partial charge in [0.25, 0.3) is 11.6 Å². The minimum absolute atomic E-state index is 0.131. The number of para-hydroxylation sites is 2. The van der Waals surface area contributed by atoms with E-state index in [2.05, 4.69) is 5.32 Å². The summed E-state index contributed by atoms with van der Waals surface area (Å²) in [6.45, 7) is 1.90. The molecule has 1 aliphatic rings. The number of nitro benzene ring substituents is 1. The molecule has 0 unspecified atom stereocenters. The average Bonchev–Trinajstić information content (AvgIpc) is 2.72. The number of anilines is 1. The number of nitrogens with one attached hydrogen (secondary N) is 1. The molecular weight excluding hydrogens is 364 g/mol. The van der Waals surface area contributed by atoms with Gasteiger partial charge in [0.1, 0.15) is 5.75 Å². The first-order valence-electron chi connectivity index (χ1n) is 8.79. The van der Waals surface area contributed by atoms with Gasteiger partial charge in [-0.15, -0.1) is 0 Å². The summed E-state index contributed by atoms with van der Waals surface area (Å²) in [5.74, 6) is -0.563. The third-order valence-electron chi connectivity index (χ3n) is 4.57. The van der Waals surface area contributed by atoms with E-state index < -0.39 is 10.8 Å². The van der Waals surface area contributed by atoms with Gasteiger partial charge in [0.2, 0.25) is 5.91 Å². The fourth-order valence-corrected chi connectivity index (χ4v) is 3.06. The van der Waals surface area contributed by atoms with Gasteiger partial charge in [-0.25, -0.2) is 0 Å². The van der Waals surface area contributed by atoms with Crippen molar-refractivity contribution in [3.05, 3.63) is 64.2 Å². The highest BCUT2D eigenvalue weighted by Crippen LogP contribution is 2.27. The summed E-state index contributed by atoms with van der Waals surface area (Å²) in [4.78, 5) is 38.4. The second-order valence-corrected chi connectivity index (χ2v) is 6.35. The van der Waals surface area contributed by atoms with E-state index in [1.54, 1.807) is 17.0 Å². The van der Waals surface area contributed by atoms with Gasteiger partial charge in [-0.05, 0) is 18.2 Å². The average molecular weight is 384 g/mol. The number of carbonyl (C=O) groups is 2. The van der Waals surface area contributed by atoms with Gasteiger partial charge in [0.15, 0.2) is 0 Å². The van der Waals surface area contributed by atoms with Crippen molar-refractivity contribution in [1.29, 1.82) is 0 Å². The number of hydrogen-bond donors (Lipinski definition) is 2. The first-order valence-corrected chi connectivity index (χ1v) is 8.79. The maximum absolute atomic E-state index is 12.4. The number of rotatable bonds is 5. The van der Waals surface area contributed by atoms with Crippen molar-refractivity contribution >= 4 is 23.2 Å². The molecular formula is C19H20N4O5. The molecule has 0 aliphatic carbocycles. The van der Waals surface area contributed by atoms with Gasteiger partial charge in [-0.3, -0.25) is 19.7 Å². The predicted octanol–water partition coefficient (Wildman–Crippen LogP) is 1.38. The number of aromatic hydroxyl groups is 1. The third-order valence-corrected chi connectivity index (χ3v) is 4.57. The summed E-state index contributed by atoms with van der Waals surface area (Å²) < 4.78 is 0. The van der Waals surface area contributed by atoms with Crippen LogP contribution in [0, 0.1) is 10.1 Å². The molecule has 0 saturated carbocycles. The number of benzene rings is 2. The van der Waals surface area contributed by atoms with Crippen molar-refractivity contribution in [2.45, 2.75) is 0 Å². The Morgan fingerprint density at radius 2 is 1.79 bits per heavy atom. The van der Waals surface area contributed by atoms with E-state index >= 15 is 0 Å². The molecule has 2 amide bonds. The van der Waals surface area contributed by atoms with Crippen LogP contribution in [0.15, 0.2) is 48.5 Å². The first-order chi connectivity index (χ1) is 13.5. The summed E-state index contributed by atoms with van der Waals surface area (Å²) in [5.41, 5.74) is 0.680. The maximum Gasteiger partial charge on any atom is 0.270 e. The Bertz CT molecular complexity index is 893. The normalized spacial score (nSPS) is 13.9. The van der Waals surface area contributed by atoms with Crippen LogP contribution in [0.4, 0.5) is 11.4 Å². The Hall–Kier alpha value is -3.62. The van der Waals surface area contributed by atoms with E-state index in [1.807, 2.05) is 17.0 Å². The second kappa shape index (κ2) is 8.38. The Morgan fingerprint density at radius 1 is 1.07 bits per heavy atom. The van der Waals surface area contributed by atoms with Crippen molar-refractivity contribution < 1.29 is 19.6 Å². The zero-order valence-corrected chi connectivity index (χ0v) is 15.1. The lowest BCUT2D eigenvalue weighted by Crippen LogP contribution is -2.51. The molecule has 1 fully saturated rings. The highest BCUT2D eigenvalue weighted by molar-refractivity contribution is 5.97. The fourth-order valence-electron chi connectivity index (χ4n) is 3.06. The Balaban J connectivity index is 1.51. The van der Waals surface area contributed by atoms with E-state index in [-0.39, 0.29) is 29.5 Å². The van der Waals surface area contributed by atoms with Gasteiger partial charge in [-0.2, -0.15) is 0 Å². The number of phenolic OH excluding ortho intramolecular Hbond substituents is 1. The summed E-state index contributed by atoms with van der Waals surface area (Å²) in [5, 5.41) is 23.2. The minimum Gasteiger partial charge on any atom is -0.506 e. The Labute approximate surface area is 161 Å². The SMILES string of the molecule is O=C(NCC(=O)N1CCN(c2ccccc2O)CC1)c1cccc([N+](=O)[O-])c1. The number of nitrogens with zero attached hydrogens (tertiary/aromatic N) is 3. The molecule has 2 aromatic carbocycles. The van der Waals surface area contributed by atoms with Crippen molar-refractivity contribution in [2.75, 3.05) is 37.6 Å². The van der Waals surface area contributed by atoms with E-state index in [0.717, 1.165) is 5.69 Å². The predicted molar refractivity (Wildman–Crippen MR) is 102 cm³/mol. The quantitative estimate of drug-likeness (QED) is 0.594. The van der Waals surface area contributed by atoms with Crippen LogP contribution < -0.4 is 10.2 Å². The summed E-state index contributed by atoms with van der Waals surface area (Å²) in [6, 6.07) is 12.4. The zero-order chi connectivity index (χ0) is 20.1. The number of hydrogen-bond acceptors (Lipinski definition) is 6. The lowest BCUT2D eigenvalue weighted by molar-refractivity contribution is -0.384. The molecule has 9 heteroatoms. The van der Waals surface area contributed by atoms with Crippen molar-refractivity contribution in [3.8, 4) is 5.75 Å². The van der Waals surface area contributed by atoms with E-state index in [9.17, 15) is 24.8 Å². The molecule has 2 N–H and O–H groups in total. The molecule has 0 bridgehead atoms. The lowest BCUT2D eigenvalue weighted by atomic mass is 10.2. The molecule has 1 aliphatic heterocycles. The van der Waals surface area contributed by atoms with Crippen LogP contribution in [0.1, 0.15) is 10.4 Å². The molecule has 146 valence electrons. The number of nitro groups is 1. The van der Waals surface area contributed by atoms with Crippen LogP contribution in [0.3, 0.4) is 0 Å². The van der Waals surface area contributed by atoms with Gasteiger partial charge >= 0.3 is 0 Å². The molecule has 0 atom stereocenters. The van der Waals surface area contributed by atoms with Crippen LogP contribution in [0.5, 0.6) is 5.75 Å². The largest absolute Gasteiger partial charge is 0.506 e. The zero-order valence-electron chi connectivity index (χ0n) is 15.1. The van der Waals surface area contributed by atoms with Crippen molar-refractivity contribution in [2.24, 2.45) is 0 Å². The van der Waals surface area contributed by atoms with Gasteiger partial charge in [0, 0.05) is 43.9 Å². The highest BCUT2D eigenvalue weighted by Gasteiger charge is 2.23. The highest BCUT2D eigenvalue weighted by atomic mass is 16.6. The molecule has 2 aromatic rings. The topological polar surface area (TPSA) is 116 Å². The molecule has 28 heavy (non-hydrogen) atoms. The third kappa shape index (κ3) is 4.37. The minimum atomic E-state index is -0.577. The van der Waals surface area contributed by atoms with E-state index in [4.69, 9.17) is 0 Å². The van der Waals surface area contributed by atoms with Gasteiger partial charge < -0.3 is 20.2 Å². The molecule has 0 spiro atoms. The number of phenols is 1. The lowest BCUT2D eigenvalue weighted by Gasteiger charge is -2.36. The summed E-state index contributed by atoms with van der Waals surface area (Å²) in [7, 11) is 0. The van der Waals surface area contributed by atoms with Crippen LogP contribution >= 0.6 is 0 Å². The molecule has 3 rings (SSSR count). The number of amides is 2. The van der Waals surface area contributed by atoms with Crippen molar-refractivity contribution in [3.63, 3.8) is 0 Å².